The maximum Gasteiger partial charge on any atom is 0.335 e. The minimum Gasteiger partial charge on any atom is -0.478 e. The predicted octanol–water partition coefficient (Wildman–Crippen LogP) is 3.10. The van der Waals surface area contributed by atoms with E-state index in [1.807, 2.05) is 0 Å². The van der Waals surface area contributed by atoms with Crippen molar-refractivity contribution in [2.45, 2.75) is 6.92 Å². The summed E-state index contributed by atoms with van der Waals surface area (Å²) in [5, 5.41) is 23.1. The molecular weight excluding hydrogens is 324 g/mol. The van der Waals surface area contributed by atoms with E-state index in [0.717, 1.165) is 11.6 Å². The second kappa shape index (κ2) is 7.66. The van der Waals surface area contributed by atoms with Crippen LogP contribution in [0.4, 0.5) is 16.2 Å². The van der Waals surface area contributed by atoms with Gasteiger partial charge in [0, 0.05) is 16.9 Å². The normalized spacial score (nSPS) is 9.48. The number of rotatable bonds is 4. The van der Waals surface area contributed by atoms with Crippen LogP contribution < -0.4 is 10.6 Å². The van der Waals surface area contributed by atoms with E-state index in [2.05, 4.69) is 22.5 Å². The van der Waals surface area contributed by atoms with Crippen LogP contribution in [0.5, 0.6) is 0 Å². The molecule has 2 amide bonds. The molecule has 2 aromatic carbocycles. The molecule has 25 heavy (non-hydrogen) atoms. The molecule has 2 rings (SSSR count). The number of anilines is 2. The van der Waals surface area contributed by atoms with E-state index in [4.69, 9.17) is 10.2 Å². The minimum atomic E-state index is -1.29. The van der Waals surface area contributed by atoms with Crippen LogP contribution in [0.15, 0.2) is 42.5 Å². The lowest BCUT2D eigenvalue weighted by atomic mass is 10.1. The van der Waals surface area contributed by atoms with Gasteiger partial charge in [-0.2, -0.15) is 0 Å². The third kappa shape index (κ3) is 4.84. The average molecular weight is 338 g/mol. The summed E-state index contributed by atoms with van der Waals surface area (Å²) in [5.74, 6) is 3.02. The molecule has 7 nitrogen and oxygen atoms in total. The maximum atomic E-state index is 12.1. The van der Waals surface area contributed by atoms with Gasteiger partial charge in [-0.15, -0.1) is 5.92 Å². The first-order chi connectivity index (χ1) is 11.9. The van der Waals surface area contributed by atoms with Crippen molar-refractivity contribution in [3.8, 4) is 11.8 Å². The number of carboxylic acid groups (broad SMARTS) is 2. The smallest absolute Gasteiger partial charge is 0.335 e. The fourth-order valence-electron chi connectivity index (χ4n) is 2.06. The molecule has 0 fully saturated rings. The van der Waals surface area contributed by atoms with E-state index >= 15 is 0 Å². The molecule has 0 aliphatic rings. The van der Waals surface area contributed by atoms with Crippen LogP contribution in [0.25, 0.3) is 0 Å². The zero-order valence-electron chi connectivity index (χ0n) is 13.2. The lowest BCUT2D eigenvalue weighted by Crippen LogP contribution is -2.20. The van der Waals surface area contributed by atoms with Crippen molar-refractivity contribution in [2.75, 3.05) is 10.6 Å². The Kier molecular flexibility index (Phi) is 5.38. The minimum absolute atomic E-state index is 0.0549. The van der Waals surface area contributed by atoms with Gasteiger partial charge in [0.1, 0.15) is 0 Å². The van der Waals surface area contributed by atoms with E-state index in [-0.39, 0.29) is 16.8 Å². The Labute approximate surface area is 143 Å². The summed E-state index contributed by atoms with van der Waals surface area (Å²) in [6.45, 7) is 1.70. The molecule has 0 saturated heterocycles. The number of carbonyl (C=O) groups is 3. The monoisotopic (exact) mass is 338 g/mol. The average Bonchev–Trinajstić information content (AvgIpc) is 2.55. The summed E-state index contributed by atoms with van der Waals surface area (Å²) in [6, 6.07) is 9.57. The third-order valence-corrected chi connectivity index (χ3v) is 3.07. The van der Waals surface area contributed by atoms with Gasteiger partial charge in [-0.3, -0.25) is 0 Å². The molecule has 2 aromatic rings. The number of carbonyl (C=O) groups excluding carboxylic acids is 1. The summed E-state index contributed by atoms with van der Waals surface area (Å²) in [5.41, 5.74) is 0.789. The van der Waals surface area contributed by atoms with Crippen molar-refractivity contribution in [3.63, 3.8) is 0 Å². The Bertz CT molecular complexity index is 877. The predicted molar refractivity (Wildman–Crippen MR) is 92.0 cm³/mol. The van der Waals surface area contributed by atoms with Gasteiger partial charge >= 0.3 is 18.0 Å². The van der Waals surface area contributed by atoms with E-state index in [1.54, 1.807) is 31.2 Å². The Balaban J connectivity index is 2.19. The van der Waals surface area contributed by atoms with E-state index in [0.29, 0.717) is 5.69 Å². The number of amides is 2. The lowest BCUT2D eigenvalue weighted by Gasteiger charge is -2.09. The number of urea groups is 1. The van der Waals surface area contributed by atoms with Crippen molar-refractivity contribution < 1.29 is 24.6 Å². The second-order valence-electron chi connectivity index (χ2n) is 4.94. The molecule has 126 valence electrons. The highest BCUT2D eigenvalue weighted by Crippen LogP contribution is 2.17. The van der Waals surface area contributed by atoms with E-state index < -0.39 is 18.0 Å². The number of aromatic carboxylic acids is 2. The molecule has 0 saturated carbocycles. The molecule has 0 bridgehead atoms. The van der Waals surface area contributed by atoms with Gasteiger partial charge in [0.25, 0.3) is 0 Å². The van der Waals surface area contributed by atoms with Crippen LogP contribution in [0.2, 0.25) is 0 Å². The van der Waals surface area contributed by atoms with Crippen LogP contribution in [-0.4, -0.2) is 28.2 Å². The number of nitrogens with one attached hydrogen (secondary N) is 2. The quantitative estimate of drug-likeness (QED) is 0.639. The van der Waals surface area contributed by atoms with Crippen LogP contribution in [0.3, 0.4) is 0 Å². The molecular formula is C18H14N2O5. The summed E-state index contributed by atoms with van der Waals surface area (Å²) in [7, 11) is 0. The van der Waals surface area contributed by atoms with Gasteiger partial charge in [-0.1, -0.05) is 12.0 Å². The standard InChI is InChI=1S/C18H14N2O5/c1-2-4-11-5-3-6-14(7-11)19-18(25)20-15-9-12(16(21)22)8-13(10-15)17(23)24/h3,5-10H,1H3,(H,21,22)(H,23,24)(H2,19,20,25). The SMILES string of the molecule is CC#Cc1cccc(NC(=O)Nc2cc(C(=O)O)cc(C(=O)O)c2)c1. The largest absolute Gasteiger partial charge is 0.478 e. The Morgan fingerprint density at radius 1 is 0.880 bits per heavy atom. The maximum absolute atomic E-state index is 12.1. The zero-order chi connectivity index (χ0) is 18.4. The molecule has 0 aromatic heterocycles. The van der Waals surface area contributed by atoms with Gasteiger partial charge in [-0.05, 0) is 43.3 Å². The zero-order valence-corrected chi connectivity index (χ0v) is 13.2. The van der Waals surface area contributed by atoms with Gasteiger partial charge < -0.3 is 20.8 Å². The fourth-order valence-corrected chi connectivity index (χ4v) is 2.06. The number of hydrogen-bond acceptors (Lipinski definition) is 3. The first kappa shape index (κ1) is 17.6. The lowest BCUT2D eigenvalue weighted by molar-refractivity contribution is 0.0696. The highest BCUT2D eigenvalue weighted by molar-refractivity contribution is 6.02. The highest BCUT2D eigenvalue weighted by Gasteiger charge is 2.13. The van der Waals surface area contributed by atoms with Crippen LogP contribution in [-0.2, 0) is 0 Å². The molecule has 0 atom stereocenters. The summed E-state index contributed by atoms with van der Waals surface area (Å²) in [6.07, 6.45) is 0. The second-order valence-corrected chi connectivity index (χ2v) is 4.94. The molecule has 0 aliphatic heterocycles. The number of benzene rings is 2. The molecule has 0 unspecified atom stereocenters. The van der Waals surface area contributed by atoms with Crippen LogP contribution in [0.1, 0.15) is 33.2 Å². The fraction of sp³-hybridized carbons (Fsp3) is 0.0556. The van der Waals surface area contributed by atoms with Crippen molar-refractivity contribution >= 4 is 29.3 Å². The van der Waals surface area contributed by atoms with Gasteiger partial charge in [0.2, 0.25) is 0 Å². The van der Waals surface area contributed by atoms with Crippen molar-refractivity contribution in [1.82, 2.24) is 0 Å². The first-order valence-electron chi connectivity index (χ1n) is 7.11. The number of carboxylic acids is 2. The first-order valence-corrected chi connectivity index (χ1v) is 7.11. The number of hydrogen-bond donors (Lipinski definition) is 4. The van der Waals surface area contributed by atoms with Crippen LogP contribution >= 0.6 is 0 Å². The van der Waals surface area contributed by atoms with E-state index in [9.17, 15) is 14.4 Å². The molecule has 7 heteroatoms. The highest BCUT2D eigenvalue weighted by atomic mass is 16.4. The topological polar surface area (TPSA) is 116 Å². The Hall–Kier alpha value is -3.79. The third-order valence-electron chi connectivity index (χ3n) is 3.07. The van der Waals surface area contributed by atoms with Gasteiger partial charge in [0.15, 0.2) is 0 Å². The van der Waals surface area contributed by atoms with Gasteiger partial charge in [0.05, 0.1) is 11.1 Å². The van der Waals surface area contributed by atoms with Crippen molar-refractivity contribution in [3.05, 3.63) is 59.2 Å². The summed E-state index contributed by atoms with van der Waals surface area (Å²) in [4.78, 5) is 34.2. The molecule has 0 heterocycles. The van der Waals surface area contributed by atoms with E-state index in [1.165, 1.54) is 12.1 Å². The molecule has 0 spiro atoms. The summed E-state index contributed by atoms with van der Waals surface area (Å²) >= 11 is 0. The van der Waals surface area contributed by atoms with Crippen LogP contribution in [0, 0.1) is 11.8 Å². The summed E-state index contributed by atoms with van der Waals surface area (Å²) < 4.78 is 0. The molecule has 0 aliphatic carbocycles. The van der Waals surface area contributed by atoms with Gasteiger partial charge in [-0.25, -0.2) is 14.4 Å². The Morgan fingerprint density at radius 2 is 1.48 bits per heavy atom. The van der Waals surface area contributed by atoms with Crippen molar-refractivity contribution in [1.29, 1.82) is 0 Å². The molecule has 0 radical (unpaired) electrons. The molecule has 4 N–H and O–H groups in total. The van der Waals surface area contributed by atoms with Crippen molar-refractivity contribution in [2.24, 2.45) is 0 Å². The Morgan fingerprint density at radius 3 is 2.04 bits per heavy atom.